The molecule has 0 aliphatic carbocycles. The first kappa shape index (κ1) is 13.4. The van der Waals surface area contributed by atoms with Gasteiger partial charge in [0.15, 0.2) is 0 Å². The molecule has 0 aromatic heterocycles. The number of methoxy groups -OCH3 is 1. The summed E-state index contributed by atoms with van der Waals surface area (Å²) in [6.07, 6.45) is 1.23. The monoisotopic (exact) mass is 249 g/mol. The third-order valence-electron chi connectivity index (χ3n) is 3.50. The zero-order chi connectivity index (χ0) is 13.1. The molecule has 0 spiro atoms. The van der Waals surface area contributed by atoms with Crippen LogP contribution < -0.4 is 10.2 Å². The summed E-state index contributed by atoms with van der Waals surface area (Å²) in [5.74, 6) is 1.54. The number of benzene rings is 1. The first-order chi connectivity index (χ1) is 8.60. The Labute approximate surface area is 108 Å². The molecule has 0 bridgehead atoms. The molecule has 1 heterocycles. The van der Waals surface area contributed by atoms with Gasteiger partial charge in [-0.2, -0.15) is 0 Å². The van der Waals surface area contributed by atoms with Crippen molar-refractivity contribution in [2.75, 3.05) is 20.2 Å². The second kappa shape index (κ2) is 5.74. The van der Waals surface area contributed by atoms with Crippen molar-refractivity contribution in [1.29, 1.82) is 0 Å². The van der Waals surface area contributed by atoms with E-state index in [0.717, 1.165) is 36.9 Å². The molecule has 4 nitrogen and oxygen atoms in total. The summed E-state index contributed by atoms with van der Waals surface area (Å²) >= 11 is 0. The molecule has 1 fully saturated rings. The Morgan fingerprint density at radius 3 is 2.78 bits per heavy atom. The first-order valence-corrected chi connectivity index (χ1v) is 6.35. The summed E-state index contributed by atoms with van der Waals surface area (Å²) in [5.41, 5.74) is 1.52. The molecule has 0 radical (unpaired) electrons. The van der Waals surface area contributed by atoms with Gasteiger partial charge in [0.05, 0.1) is 7.11 Å². The Kier molecular flexibility index (Phi) is 4.27. The van der Waals surface area contributed by atoms with Crippen LogP contribution in [-0.4, -0.2) is 42.3 Å². The van der Waals surface area contributed by atoms with Gasteiger partial charge in [-0.1, -0.05) is 19.1 Å². The average Bonchev–Trinajstić information content (AvgIpc) is 2.74. The largest absolute Gasteiger partial charge is 0.496 e. The minimum atomic E-state index is -1.42. The molecular weight excluding hydrogens is 229 g/mol. The zero-order valence-corrected chi connectivity index (χ0v) is 11.0. The Morgan fingerprint density at radius 2 is 2.22 bits per heavy atom. The molecule has 0 saturated carbocycles. The van der Waals surface area contributed by atoms with E-state index in [1.807, 2.05) is 6.07 Å². The van der Waals surface area contributed by atoms with Gasteiger partial charge in [-0.25, -0.2) is 0 Å². The Morgan fingerprint density at radius 1 is 1.44 bits per heavy atom. The van der Waals surface area contributed by atoms with Crippen LogP contribution in [0.4, 0.5) is 0 Å². The fraction of sp³-hybridized carbons (Fsp3) is 0.538. The molecule has 0 amide bonds. The summed E-state index contributed by atoms with van der Waals surface area (Å²) in [6, 6.07) is 5.29. The van der Waals surface area contributed by atoms with Gasteiger partial charge in [-0.05, 0) is 30.4 Å². The second-order valence-corrected chi connectivity index (χ2v) is 5.07. The number of nitrogens with zero attached hydrogens (tertiary/aromatic N) is 1. The number of rotatable bonds is 4. The lowest BCUT2D eigenvalue weighted by atomic mass is 9.79. The maximum Gasteiger partial charge on any atom is 0.488 e. The topological polar surface area (TPSA) is 52.9 Å². The molecule has 1 aliphatic rings. The Hall–Kier alpha value is -1.04. The Balaban J connectivity index is 2.16. The van der Waals surface area contributed by atoms with E-state index in [4.69, 9.17) is 4.74 Å². The summed E-state index contributed by atoms with van der Waals surface area (Å²) < 4.78 is 5.33. The van der Waals surface area contributed by atoms with Gasteiger partial charge in [0.25, 0.3) is 0 Å². The van der Waals surface area contributed by atoms with Crippen molar-refractivity contribution in [2.45, 2.75) is 19.9 Å². The third-order valence-corrected chi connectivity index (χ3v) is 3.50. The lowest BCUT2D eigenvalue weighted by Gasteiger charge is -2.18. The van der Waals surface area contributed by atoms with Crippen molar-refractivity contribution in [3.8, 4) is 5.75 Å². The average molecular weight is 249 g/mol. The van der Waals surface area contributed by atoms with E-state index in [1.54, 1.807) is 19.2 Å². The van der Waals surface area contributed by atoms with Gasteiger partial charge in [0, 0.05) is 18.7 Å². The van der Waals surface area contributed by atoms with Gasteiger partial charge >= 0.3 is 7.12 Å². The third kappa shape index (κ3) is 3.04. The van der Waals surface area contributed by atoms with E-state index < -0.39 is 7.12 Å². The van der Waals surface area contributed by atoms with Crippen molar-refractivity contribution < 1.29 is 14.8 Å². The molecule has 98 valence electrons. The van der Waals surface area contributed by atoms with E-state index in [0.29, 0.717) is 5.46 Å². The van der Waals surface area contributed by atoms with Crippen LogP contribution in [0.25, 0.3) is 0 Å². The second-order valence-electron chi connectivity index (χ2n) is 5.07. The predicted molar refractivity (Wildman–Crippen MR) is 71.9 cm³/mol. The first-order valence-electron chi connectivity index (χ1n) is 6.35. The summed E-state index contributed by atoms with van der Waals surface area (Å²) in [5, 5.41) is 18.4. The molecule has 1 saturated heterocycles. The molecular formula is C13H20BNO3. The summed E-state index contributed by atoms with van der Waals surface area (Å²) in [7, 11) is 0.215. The fourth-order valence-electron chi connectivity index (χ4n) is 2.49. The van der Waals surface area contributed by atoms with Crippen molar-refractivity contribution >= 4 is 12.6 Å². The SMILES string of the molecule is COc1ccc(B(O)O)cc1CN1CCC(C)C1. The van der Waals surface area contributed by atoms with Gasteiger partial charge in [-0.15, -0.1) is 0 Å². The maximum atomic E-state index is 9.22. The fourth-order valence-corrected chi connectivity index (χ4v) is 2.49. The smallest absolute Gasteiger partial charge is 0.488 e. The van der Waals surface area contributed by atoms with E-state index in [-0.39, 0.29) is 0 Å². The highest BCUT2D eigenvalue weighted by Crippen LogP contribution is 2.22. The van der Waals surface area contributed by atoms with Crippen LogP contribution in [0.5, 0.6) is 5.75 Å². The molecule has 18 heavy (non-hydrogen) atoms. The molecule has 2 N–H and O–H groups in total. The van der Waals surface area contributed by atoms with E-state index in [9.17, 15) is 10.0 Å². The highest BCUT2D eigenvalue weighted by Gasteiger charge is 2.21. The molecule has 1 atom stereocenters. The standard InChI is InChI=1S/C13H20BNO3/c1-10-5-6-15(8-10)9-11-7-12(14(16)17)3-4-13(11)18-2/h3-4,7,10,16-17H,5-6,8-9H2,1-2H3. The number of hydrogen-bond acceptors (Lipinski definition) is 4. The van der Waals surface area contributed by atoms with Crippen molar-refractivity contribution in [3.63, 3.8) is 0 Å². The van der Waals surface area contributed by atoms with Crippen molar-refractivity contribution in [2.24, 2.45) is 5.92 Å². The van der Waals surface area contributed by atoms with Crippen LogP contribution in [0, 0.1) is 5.92 Å². The summed E-state index contributed by atoms with van der Waals surface area (Å²) in [4.78, 5) is 2.37. The van der Waals surface area contributed by atoms with Gasteiger partial charge < -0.3 is 14.8 Å². The van der Waals surface area contributed by atoms with Crippen LogP contribution in [0.1, 0.15) is 18.9 Å². The lowest BCUT2D eigenvalue weighted by Crippen LogP contribution is -2.31. The van der Waals surface area contributed by atoms with Crippen LogP contribution in [0.3, 0.4) is 0 Å². The molecule has 1 aromatic rings. The van der Waals surface area contributed by atoms with E-state index >= 15 is 0 Å². The molecule has 5 heteroatoms. The van der Waals surface area contributed by atoms with Crippen molar-refractivity contribution in [3.05, 3.63) is 23.8 Å². The highest BCUT2D eigenvalue weighted by molar-refractivity contribution is 6.58. The van der Waals surface area contributed by atoms with Crippen LogP contribution in [-0.2, 0) is 6.54 Å². The predicted octanol–water partition coefficient (Wildman–Crippen LogP) is 0.217. The highest BCUT2D eigenvalue weighted by atomic mass is 16.5. The van der Waals surface area contributed by atoms with Crippen LogP contribution in [0.15, 0.2) is 18.2 Å². The number of hydrogen-bond donors (Lipinski definition) is 2. The normalized spacial score (nSPS) is 20.1. The number of likely N-dealkylation sites (tertiary alicyclic amines) is 1. The maximum absolute atomic E-state index is 9.22. The number of ether oxygens (including phenoxy) is 1. The van der Waals surface area contributed by atoms with E-state index in [1.165, 1.54) is 6.42 Å². The molecule has 1 aliphatic heterocycles. The zero-order valence-electron chi connectivity index (χ0n) is 11.0. The van der Waals surface area contributed by atoms with Crippen LogP contribution in [0.2, 0.25) is 0 Å². The van der Waals surface area contributed by atoms with Crippen LogP contribution >= 0.6 is 0 Å². The quantitative estimate of drug-likeness (QED) is 0.749. The lowest BCUT2D eigenvalue weighted by molar-refractivity contribution is 0.311. The van der Waals surface area contributed by atoms with Crippen molar-refractivity contribution in [1.82, 2.24) is 4.90 Å². The molecule has 1 unspecified atom stereocenters. The minimum absolute atomic E-state index is 0.512. The van der Waals surface area contributed by atoms with E-state index in [2.05, 4.69) is 11.8 Å². The van der Waals surface area contributed by atoms with Gasteiger partial charge in [0.1, 0.15) is 5.75 Å². The van der Waals surface area contributed by atoms with Gasteiger partial charge in [-0.3, -0.25) is 4.90 Å². The summed E-state index contributed by atoms with van der Waals surface area (Å²) in [6.45, 7) is 5.24. The molecule has 1 aromatic carbocycles. The Bertz CT molecular complexity index is 411. The molecule has 2 rings (SSSR count). The van der Waals surface area contributed by atoms with Gasteiger partial charge in [0.2, 0.25) is 0 Å². The minimum Gasteiger partial charge on any atom is -0.496 e.